The molecule has 11 heteroatoms. The van der Waals surface area contributed by atoms with E-state index >= 15 is 0 Å². The lowest BCUT2D eigenvalue weighted by Crippen LogP contribution is -2.57. The number of hydrogen-bond acceptors (Lipinski definition) is 6. The van der Waals surface area contributed by atoms with Crippen LogP contribution >= 0.6 is 0 Å². The zero-order valence-electron chi connectivity index (χ0n) is 23.9. The minimum atomic E-state index is -1.31. The van der Waals surface area contributed by atoms with E-state index in [9.17, 15) is 23.6 Å². The Bertz CT molecular complexity index is 1290. The van der Waals surface area contributed by atoms with Crippen LogP contribution in [-0.2, 0) is 32.1 Å². The molecule has 10 nitrogen and oxygen atoms in total. The molecule has 3 saturated heterocycles. The number of rotatable bonds is 8. The maximum atomic E-state index is 14.5. The van der Waals surface area contributed by atoms with E-state index < -0.39 is 30.2 Å². The molecule has 5 atom stereocenters. The van der Waals surface area contributed by atoms with Gasteiger partial charge in [0.05, 0.1) is 12.6 Å². The Hall–Kier alpha value is -3.99. The molecule has 0 aromatic heterocycles. The molecule has 3 N–H and O–H groups in total. The average molecular weight is 580 g/mol. The molecule has 4 amide bonds. The normalized spacial score (nSPS) is 26.3. The highest BCUT2D eigenvalue weighted by Gasteiger charge is 2.46. The fourth-order valence-electron chi connectivity index (χ4n) is 5.99. The highest BCUT2D eigenvalue weighted by molar-refractivity contribution is 5.94. The number of hydrogen-bond donors (Lipinski definition) is 3. The van der Waals surface area contributed by atoms with Crippen LogP contribution < -0.4 is 20.7 Å². The predicted molar refractivity (Wildman–Crippen MR) is 153 cm³/mol. The van der Waals surface area contributed by atoms with Crippen LogP contribution in [0.4, 0.5) is 4.39 Å². The van der Waals surface area contributed by atoms with E-state index in [-0.39, 0.29) is 55.8 Å². The minimum Gasteiger partial charge on any atom is -0.484 e. The van der Waals surface area contributed by atoms with Gasteiger partial charge in [0, 0.05) is 38.0 Å². The van der Waals surface area contributed by atoms with E-state index in [0.29, 0.717) is 25.3 Å². The topological polar surface area (TPSA) is 120 Å². The van der Waals surface area contributed by atoms with Crippen molar-refractivity contribution >= 4 is 23.6 Å². The number of benzene rings is 2. The Balaban J connectivity index is 1.26. The molecule has 0 radical (unpaired) electrons. The van der Waals surface area contributed by atoms with Gasteiger partial charge in [-0.15, -0.1) is 0 Å². The van der Waals surface area contributed by atoms with Crippen LogP contribution in [0.2, 0.25) is 0 Å². The number of halogens is 1. The third kappa shape index (κ3) is 6.89. The molecule has 3 fully saturated rings. The number of carbonyl (C=O) groups is 4. The summed E-state index contributed by atoms with van der Waals surface area (Å²) < 4.78 is 20.1. The smallest absolute Gasteiger partial charge is 0.258 e. The van der Waals surface area contributed by atoms with Gasteiger partial charge in [0.2, 0.25) is 17.7 Å². The van der Waals surface area contributed by atoms with Crippen molar-refractivity contribution in [2.24, 2.45) is 0 Å². The highest BCUT2D eigenvalue weighted by atomic mass is 19.1. The fourth-order valence-corrected chi connectivity index (χ4v) is 5.99. The second-order valence-corrected chi connectivity index (χ2v) is 11.5. The summed E-state index contributed by atoms with van der Waals surface area (Å²) in [5.74, 6) is -0.913. The van der Waals surface area contributed by atoms with Crippen LogP contribution in [-0.4, -0.2) is 89.5 Å². The predicted octanol–water partition coefficient (Wildman–Crippen LogP) is 1.33. The number of nitrogens with one attached hydrogen (secondary N) is 3. The van der Waals surface area contributed by atoms with E-state index in [1.54, 1.807) is 24.3 Å². The molecule has 0 saturated carbocycles. The summed E-state index contributed by atoms with van der Waals surface area (Å²) >= 11 is 0. The molecule has 0 spiro atoms. The number of alkyl halides is 1. The van der Waals surface area contributed by atoms with Gasteiger partial charge in [0.25, 0.3) is 5.91 Å². The molecule has 5 rings (SSSR count). The van der Waals surface area contributed by atoms with E-state index in [1.807, 2.05) is 49.1 Å². The van der Waals surface area contributed by atoms with Crippen molar-refractivity contribution in [1.82, 2.24) is 25.8 Å². The second-order valence-electron chi connectivity index (χ2n) is 11.5. The van der Waals surface area contributed by atoms with Crippen LogP contribution in [0.5, 0.6) is 5.75 Å². The number of ether oxygens (including phenoxy) is 1. The molecule has 2 aromatic carbocycles. The quantitative estimate of drug-likeness (QED) is 0.434. The first-order valence-electron chi connectivity index (χ1n) is 14.5. The molecular formula is C31H38FN5O5. The van der Waals surface area contributed by atoms with Gasteiger partial charge in [-0.3, -0.25) is 24.1 Å². The van der Waals surface area contributed by atoms with Gasteiger partial charge in [-0.2, -0.15) is 0 Å². The first kappa shape index (κ1) is 29.5. The molecule has 42 heavy (non-hydrogen) atoms. The first-order valence-corrected chi connectivity index (χ1v) is 14.5. The van der Waals surface area contributed by atoms with Gasteiger partial charge in [0.15, 0.2) is 6.61 Å². The third-order valence-corrected chi connectivity index (χ3v) is 8.17. The van der Waals surface area contributed by atoms with Crippen molar-refractivity contribution < 1.29 is 28.3 Å². The molecule has 3 aliphatic heterocycles. The molecule has 1 unspecified atom stereocenters. The van der Waals surface area contributed by atoms with Gasteiger partial charge < -0.3 is 25.6 Å². The van der Waals surface area contributed by atoms with Crippen LogP contribution in [0, 0.1) is 0 Å². The van der Waals surface area contributed by atoms with Gasteiger partial charge >= 0.3 is 0 Å². The summed E-state index contributed by atoms with van der Waals surface area (Å²) in [5.41, 5.74) is 1.73. The fraction of sp³-hybridized carbons (Fsp3) is 0.484. The van der Waals surface area contributed by atoms with E-state index in [1.165, 1.54) is 4.90 Å². The lowest BCUT2D eigenvalue weighted by molar-refractivity contribution is -0.142. The molecule has 2 bridgehead atoms. The van der Waals surface area contributed by atoms with E-state index in [2.05, 4.69) is 16.0 Å². The minimum absolute atomic E-state index is 0.0610. The van der Waals surface area contributed by atoms with Crippen molar-refractivity contribution in [2.75, 3.05) is 19.7 Å². The first-order chi connectivity index (χ1) is 20.2. The highest BCUT2D eigenvalue weighted by Crippen LogP contribution is 2.27. The van der Waals surface area contributed by atoms with E-state index in [0.717, 1.165) is 11.1 Å². The lowest BCUT2D eigenvalue weighted by Gasteiger charge is -2.32. The Morgan fingerprint density at radius 2 is 1.67 bits per heavy atom. The maximum Gasteiger partial charge on any atom is 0.258 e. The van der Waals surface area contributed by atoms with Crippen LogP contribution in [0.15, 0.2) is 54.6 Å². The van der Waals surface area contributed by atoms with E-state index in [4.69, 9.17) is 4.74 Å². The van der Waals surface area contributed by atoms with Crippen LogP contribution in [0.1, 0.15) is 37.8 Å². The summed E-state index contributed by atoms with van der Waals surface area (Å²) in [6.07, 6.45) is -0.795. The summed E-state index contributed by atoms with van der Waals surface area (Å²) in [6, 6.07) is 13.9. The zero-order valence-corrected chi connectivity index (χ0v) is 23.9. The van der Waals surface area contributed by atoms with Crippen molar-refractivity contribution in [2.45, 2.75) is 76.0 Å². The molecule has 2 aromatic rings. The molecule has 224 valence electrons. The lowest BCUT2D eigenvalue weighted by atomic mass is 10.0. The SMILES string of the molecule is CC(C)N1C[C@@H]2C[C@H]1C(=O)NC(Cc1ccc(OCC(=O)NCc3ccccc3)cc1)C(=O)N1C[C@@H](F)C[C@H]1C(=O)N2. The number of likely N-dealkylation sites (tertiary alicyclic amines) is 1. The largest absolute Gasteiger partial charge is 0.484 e. The zero-order chi connectivity index (χ0) is 29.8. The van der Waals surface area contributed by atoms with Crippen molar-refractivity contribution in [3.8, 4) is 5.75 Å². The van der Waals surface area contributed by atoms with Crippen LogP contribution in [0.3, 0.4) is 0 Å². The van der Waals surface area contributed by atoms with Gasteiger partial charge in [-0.05, 0) is 43.5 Å². The van der Waals surface area contributed by atoms with Gasteiger partial charge in [-0.1, -0.05) is 42.5 Å². The molecule has 0 aliphatic carbocycles. The van der Waals surface area contributed by atoms with Crippen molar-refractivity contribution in [3.63, 3.8) is 0 Å². The number of fused-ring (bicyclic) bond motifs is 3. The van der Waals surface area contributed by atoms with Crippen molar-refractivity contribution in [3.05, 3.63) is 65.7 Å². The number of carbonyl (C=O) groups excluding carboxylic acids is 4. The summed E-state index contributed by atoms with van der Waals surface area (Å²) in [6.45, 7) is 4.55. The monoisotopic (exact) mass is 579 g/mol. The third-order valence-electron chi connectivity index (χ3n) is 8.17. The van der Waals surface area contributed by atoms with Crippen molar-refractivity contribution in [1.29, 1.82) is 0 Å². The Labute approximate surface area is 244 Å². The number of nitrogens with zero attached hydrogens (tertiary/aromatic N) is 2. The molecule has 3 heterocycles. The summed E-state index contributed by atoms with van der Waals surface area (Å²) in [4.78, 5) is 55.8. The Kier molecular flexibility index (Phi) is 9.06. The molecular weight excluding hydrogens is 541 g/mol. The molecule has 3 aliphatic rings. The Morgan fingerprint density at radius 1 is 0.952 bits per heavy atom. The second kappa shape index (κ2) is 12.9. The standard InChI is InChI=1S/C31H38FN5O5/c1-19(2)36-17-23-14-27(36)30(40)35-25(31(41)37-16-22(32)13-26(37)29(39)34-23)12-20-8-10-24(11-9-20)42-18-28(38)33-15-21-6-4-3-5-7-21/h3-11,19,22-23,25-27H,12-18H2,1-2H3,(H,33,38)(H,34,39)(H,35,40)/t22-,23-,25?,26-,27-/m0/s1. The number of amides is 4. The average Bonchev–Trinajstić information content (AvgIpc) is 3.59. The Morgan fingerprint density at radius 3 is 2.38 bits per heavy atom. The maximum absolute atomic E-state index is 14.5. The van der Waals surface area contributed by atoms with Gasteiger partial charge in [0.1, 0.15) is 24.0 Å². The summed E-state index contributed by atoms with van der Waals surface area (Å²) in [5, 5.41) is 8.71. The summed E-state index contributed by atoms with van der Waals surface area (Å²) in [7, 11) is 0. The van der Waals surface area contributed by atoms with Gasteiger partial charge in [-0.25, -0.2) is 4.39 Å². The van der Waals surface area contributed by atoms with Crippen LogP contribution in [0.25, 0.3) is 0 Å².